The van der Waals surface area contributed by atoms with Crippen molar-refractivity contribution in [2.24, 2.45) is 0 Å². The Morgan fingerprint density at radius 1 is 1.41 bits per heavy atom. The van der Waals surface area contributed by atoms with E-state index >= 15 is 0 Å². The number of carboxylic acid groups (broad SMARTS) is 1. The standard InChI is InChI=1S/C15H10FIN2O3/c1-6-8(15(21)22)5-18-11(6)4-7-12-10(19-14(7)20)3-2-9(16)13(12)17/h2-5,18H,1H3,(H,19,20)(H,21,22)/b7-4-. The van der Waals surface area contributed by atoms with E-state index in [0.717, 1.165) is 0 Å². The Morgan fingerprint density at radius 2 is 2.14 bits per heavy atom. The maximum Gasteiger partial charge on any atom is 0.337 e. The Kier molecular flexibility index (Phi) is 3.51. The van der Waals surface area contributed by atoms with Gasteiger partial charge in [0.05, 0.1) is 20.4 Å². The third kappa shape index (κ3) is 2.21. The van der Waals surface area contributed by atoms with E-state index in [1.807, 2.05) is 22.6 Å². The molecule has 1 aromatic heterocycles. The number of amides is 1. The number of aromatic carboxylic acids is 1. The molecule has 7 heteroatoms. The molecule has 0 saturated heterocycles. The molecule has 0 fully saturated rings. The number of carbonyl (C=O) groups is 2. The lowest BCUT2D eigenvalue weighted by molar-refractivity contribution is -0.110. The van der Waals surface area contributed by atoms with E-state index in [9.17, 15) is 14.0 Å². The van der Waals surface area contributed by atoms with Crippen LogP contribution in [-0.2, 0) is 4.79 Å². The SMILES string of the molecule is Cc1c(C(=O)O)c[nH]c1/C=C1\C(=O)Nc2ccc(F)c(I)c21. The van der Waals surface area contributed by atoms with Gasteiger partial charge in [-0.2, -0.15) is 0 Å². The summed E-state index contributed by atoms with van der Waals surface area (Å²) in [6.07, 6.45) is 2.92. The molecule has 0 saturated carbocycles. The van der Waals surface area contributed by atoms with Crippen LogP contribution in [0.15, 0.2) is 18.3 Å². The number of rotatable bonds is 2. The van der Waals surface area contributed by atoms with Crippen molar-refractivity contribution < 1.29 is 19.1 Å². The number of anilines is 1. The van der Waals surface area contributed by atoms with Gasteiger partial charge in [-0.05, 0) is 53.3 Å². The monoisotopic (exact) mass is 412 g/mol. The molecular formula is C15H10FIN2O3. The van der Waals surface area contributed by atoms with Gasteiger partial charge in [-0.15, -0.1) is 0 Å². The van der Waals surface area contributed by atoms with E-state index in [1.54, 1.807) is 13.0 Å². The van der Waals surface area contributed by atoms with Crippen molar-refractivity contribution >= 4 is 51.8 Å². The Morgan fingerprint density at radius 3 is 2.77 bits per heavy atom. The zero-order chi connectivity index (χ0) is 16.0. The van der Waals surface area contributed by atoms with E-state index in [1.165, 1.54) is 18.3 Å². The summed E-state index contributed by atoms with van der Waals surface area (Å²) >= 11 is 1.85. The molecule has 3 N–H and O–H groups in total. The van der Waals surface area contributed by atoms with Gasteiger partial charge in [-0.1, -0.05) is 0 Å². The number of carboxylic acids is 1. The second kappa shape index (κ2) is 5.24. The van der Waals surface area contributed by atoms with Crippen LogP contribution in [0.3, 0.4) is 0 Å². The largest absolute Gasteiger partial charge is 0.478 e. The number of aromatic nitrogens is 1. The van der Waals surface area contributed by atoms with Crippen LogP contribution in [0.4, 0.5) is 10.1 Å². The van der Waals surface area contributed by atoms with E-state index in [2.05, 4.69) is 10.3 Å². The minimum absolute atomic E-state index is 0.138. The number of hydrogen-bond acceptors (Lipinski definition) is 2. The molecule has 2 aromatic rings. The van der Waals surface area contributed by atoms with Gasteiger partial charge in [0.1, 0.15) is 5.82 Å². The molecule has 0 bridgehead atoms. The molecule has 1 amide bonds. The second-order valence-electron chi connectivity index (χ2n) is 4.84. The van der Waals surface area contributed by atoms with Crippen molar-refractivity contribution in [2.45, 2.75) is 6.92 Å². The van der Waals surface area contributed by atoms with Gasteiger partial charge in [0.2, 0.25) is 0 Å². The first-order valence-corrected chi connectivity index (χ1v) is 7.40. The molecule has 0 spiro atoms. The maximum atomic E-state index is 13.7. The Labute approximate surface area is 138 Å². The first-order valence-electron chi connectivity index (χ1n) is 6.33. The van der Waals surface area contributed by atoms with Crippen LogP contribution in [0.25, 0.3) is 11.6 Å². The minimum Gasteiger partial charge on any atom is -0.478 e. The highest BCUT2D eigenvalue weighted by molar-refractivity contribution is 14.1. The number of H-pyrrole nitrogens is 1. The van der Waals surface area contributed by atoms with Crippen molar-refractivity contribution in [3.8, 4) is 0 Å². The summed E-state index contributed by atoms with van der Waals surface area (Å²) in [4.78, 5) is 26.0. The van der Waals surface area contributed by atoms with E-state index in [4.69, 9.17) is 5.11 Å². The normalized spacial score (nSPS) is 15.0. The number of benzene rings is 1. The van der Waals surface area contributed by atoms with Crippen molar-refractivity contribution in [1.82, 2.24) is 4.98 Å². The topological polar surface area (TPSA) is 82.2 Å². The molecule has 1 aliphatic rings. The summed E-state index contributed by atoms with van der Waals surface area (Å²) in [7, 11) is 0. The molecule has 22 heavy (non-hydrogen) atoms. The van der Waals surface area contributed by atoms with Crippen molar-refractivity contribution in [3.63, 3.8) is 0 Å². The second-order valence-corrected chi connectivity index (χ2v) is 5.92. The molecule has 0 atom stereocenters. The Bertz CT molecular complexity index is 855. The first kappa shape index (κ1) is 14.8. The molecule has 3 rings (SSSR count). The van der Waals surface area contributed by atoms with Gasteiger partial charge in [-0.25, -0.2) is 9.18 Å². The van der Waals surface area contributed by atoms with E-state index in [0.29, 0.717) is 31.7 Å². The molecule has 5 nitrogen and oxygen atoms in total. The maximum absolute atomic E-state index is 13.7. The highest BCUT2D eigenvalue weighted by atomic mass is 127. The number of nitrogens with one attached hydrogen (secondary N) is 2. The molecule has 2 heterocycles. The summed E-state index contributed by atoms with van der Waals surface area (Å²) in [5, 5.41) is 11.7. The van der Waals surface area contributed by atoms with Crippen molar-refractivity contribution in [1.29, 1.82) is 0 Å². The number of carbonyl (C=O) groups excluding carboxylic acids is 1. The van der Waals surface area contributed by atoms with Crippen molar-refractivity contribution in [2.75, 3.05) is 5.32 Å². The van der Waals surface area contributed by atoms with Crippen LogP contribution in [-0.4, -0.2) is 22.0 Å². The van der Waals surface area contributed by atoms with E-state index < -0.39 is 11.8 Å². The average molecular weight is 412 g/mol. The number of halogens is 2. The summed E-state index contributed by atoms with van der Waals surface area (Å²) in [6.45, 7) is 1.65. The average Bonchev–Trinajstić information content (AvgIpc) is 2.97. The third-order valence-electron chi connectivity index (χ3n) is 3.56. The Hall–Kier alpha value is -2.16. The predicted octanol–water partition coefficient (Wildman–Crippen LogP) is 3.26. The van der Waals surface area contributed by atoms with E-state index in [-0.39, 0.29) is 11.5 Å². The zero-order valence-corrected chi connectivity index (χ0v) is 13.5. The lowest BCUT2D eigenvalue weighted by atomic mass is 10.0. The van der Waals surface area contributed by atoms with Gasteiger partial charge >= 0.3 is 5.97 Å². The lowest BCUT2D eigenvalue weighted by Gasteiger charge is -2.03. The number of hydrogen-bond donors (Lipinski definition) is 3. The van der Waals surface area contributed by atoms with Crippen LogP contribution >= 0.6 is 22.6 Å². The van der Waals surface area contributed by atoms with Crippen LogP contribution < -0.4 is 5.32 Å². The van der Waals surface area contributed by atoms with Crippen LogP contribution in [0.2, 0.25) is 0 Å². The molecule has 1 aliphatic heterocycles. The molecule has 112 valence electrons. The fraction of sp³-hybridized carbons (Fsp3) is 0.0667. The minimum atomic E-state index is -1.05. The van der Waals surface area contributed by atoms with Gasteiger partial charge < -0.3 is 15.4 Å². The molecular weight excluding hydrogens is 402 g/mol. The summed E-state index contributed by atoms with van der Waals surface area (Å²) < 4.78 is 14.1. The highest BCUT2D eigenvalue weighted by Crippen LogP contribution is 2.37. The quantitative estimate of drug-likeness (QED) is 0.523. The number of fused-ring (bicyclic) bond motifs is 1. The van der Waals surface area contributed by atoms with Crippen LogP contribution in [0.1, 0.15) is 27.2 Å². The summed E-state index contributed by atoms with van der Waals surface area (Å²) in [5.41, 5.74) is 2.52. The van der Waals surface area contributed by atoms with Gasteiger partial charge in [0.25, 0.3) is 5.91 Å². The first-order chi connectivity index (χ1) is 10.4. The predicted molar refractivity (Wildman–Crippen MR) is 88.1 cm³/mol. The fourth-order valence-electron chi connectivity index (χ4n) is 2.39. The fourth-order valence-corrected chi connectivity index (χ4v) is 3.15. The van der Waals surface area contributed by atoms with Gasteiger partial charge in [0, 0.05) is 17.5 Å². The molecule has 0 aliphatic carbocycles. The smallest absolute Gasteiger partial charge is 0.337 e. The van der Waals surface area contributed by atoms with Crippen LogP contribution in [0.5, 0.6) is 0 Å². The van der Waals surface area contributed by atoms with Gasteiger partial charge in [-0.3, -0.25) is 4.79 Å². The van der Waals surface area contributed by atoms with Gasteiger partial charge in [0.15, 0.2) is 0 Å². The zero-order valence-electron chi connectivity index (χ0n) is 11.3. The summed E-state index contributed by atoms with van der Waals surface area (Å²) in [5.74, 6) is -1.80. The van der Waals surface area contributed by atoms with Crippen molar-refractivity contribution in [3.05, 3.63) is 50.1 Å². The lowest BCUT2D eigenvalue weighted by Crippen LogP contribution is -2.03. The third-order valence-corrected chi connectivity index (χ3v) is 4.61. The molecule has 1 aromatic carbocycles. The highest BCUT2D eigenvalue weighted by Gasteiger charge is 2.28. The summed E-state index contributed by atoms with van der Waals surface area (Å²) in [6, 6.07) is 2.81. The molecule has 0 unspecified atom stereocenters. The molecule has 0 radical (unpaired) electrons. The van der Waals surface area contributed by atoms with Crippen LogP contribution in [0, 0.1) is 16.3 Å². The Balaban J connectivity index is 2.16. The number of aromatic amines is 1.